The van der Waals surface area contributed by atoms with Gasteiger partial charge in [0.05, 0.1) is 12.0 Å². The van der Waals surface area contributed by atoms with Crippen LogP contribution in [0.1, 0.15) is 29.6 Å². The third kappa shape index (κ3) is 3.23. The zero-order chi connectivity index (χ0) is 17.3. The SMILES string of the molecule is COCCNC(=O)Cn1c(C)nc2sc3c(c2c1=O)CCC(C)C3. The lowest BCUT2D eigenvalue weighted by molar-refractivity contribution is -0.121. The number of thiophene rings is 1. The Hall–Kier alpha value is -1.73. The first-order valence-electron chi connectivity index (χ1n) is 8.28. The highest BCUT2D eigenvalue weighted by molar-refractivity contribution is 7.18. The zero-order valence-corrected chi connectivity index (χ0v) is 15.2. The maximum Gasteiger partial charge on any atom is 0.263 e. The number of nitrogens with zero attached hydrogens (tertiary/aromatic N) is 2. The molecule has 1 atom stereocenters. The molecule has 1 amide bonds. The maximum absolute atomic E-state index is 13.0. The van der Waals surface area contributed by atoms with Crippen molar-refractivity contribution >= 4 is 27.5 Å². The summed E-state index contributed by atoms with van der Waals surface area (Å²) in [7, 11) is 1.58. The Labute approximate surface area is 144 Å². The predicted molar refractivity (Wildman–Crippen MR) is 94.7 cm³/mol. The van der Waals surface area contributed by atoms with Crippen LogP contribution < -0.4 is 10.9 Å². The fourth-order valence-corrected chi connectivity index (χ4v) is 4.62. The normalized spacial score (nSPS) is 17.0. The molecule has 0 bridgehead atoms. The minimum absolute atomic E-state index is 0.00164. The highest BCUT2D eigenvalue weighted by atomic mass is 32.1. The van der Waals surface area contributed by atoms with Crippen LogP contribution in [0.5, 0.6) is 0 Å². The van der Waals surface area contributed by atoms with Gasteiger partial charge >= 0.3 is 0 Å². The van der Waals surface area contributed by atoms with Crippen LogP contribution >= 0.6 is 11.3 Å². The van der Waals surface area contributed by atoms with E-state index in [9.17, 15) is 9.59 Å². The van der Waals surface area contributed by atoms with Gasteiger partial charge in [-0.3, -0.25) is 14.2 Å². The van der Waals surface area contributed by atoms with Gasteiger partial charge in [0.1, 0.15) is 17.2 Å². The topological polar surface area (TPSA) is 73.2 Å². The standard InChI is InChI=1S/C17H23N3O3S/c1-10-4-5-12-13(8-10)24-16-15(12)17(22)20(11(2)19-16)9-14(21)18-6-7-23-3/h10H,4-9H2,1-3H3,(H,18,21). The zero-order valence-electron chi connectivity index (χ0n) is 14.3. The summed E-state index contributed by atoms with van der Waals surface area (Å²) >= 11 is 1.63. The molecule has 1 unspecified atom stereocenters. The molecule has 0 saturated heterocycles. The van der Waals surface area contributed by atoms with Crippen molar-refractivity contribution in [3.8, 4) is 0 Å². The quantitative estimate of drug-likeness (QED) is 0.833. The lowest BCUT2D eigenvalue weighted by Crippen LogP contribution is -2.35. The Morgan fingerprint density at radius 1 is 1.50 bits per heavy atom. The van der Waals surface area contributed by atoms with Gasteiger partial charge in [0.2, 0.25) is 5.91 Å². The van der Waals surface area contributed by atoms with Crippen LogP contribution in [0.3, 0.4) is 0 Å². The molecule has 2 heterocycles. The van der Waals surface area contributed by atoms with Crippen molar-refractivity contribution in [3.63, 3.8) is 0 Å². The molecule has 2 aromatic rings. The number of nitrogens with one attached hydrogen (secondary N) is 1. The molecule has 6 nitrogen and oxygen atoms in total. The smallest absolute Gasteiger partial charge is 0.263 e. The molecule has 130 valence electrons. The third-order valence-electron chi connectivity index (χ3n) is 4.54. The molecule has 7 heteroatoms. The molecule has 1 aliphatic carbocycles. The molecule has 0 saturated carbocycles. The number of hydrogen-bond donors (Lipinski definition) is 1. The predicted octanol–water partition coefficient (Wildman–Crippen LogP) is 1.65. The second-order valence-corrected chi connectivity index (χ2v) is 7.51. The molecule has 0 aliphatic heterocycles. The second-order valence-electron chi connectivity index (χ2n) is 6.42. The van der Waals surface area contributed by atoms with E-state index in [1.165, 1.54) is 9.44 Å². The van der Waals surface area contributed by atoms with Crippen molar-refractivity contribution in [2.75, 3.05) is 20.3 Å². The molecular weight excluding hydrogens is 326 g/mol. The summed E-state index contributed by atoms with van der Waals surface area (Å²) in [5.74, 6) is 1.04. The Bertz CT molecular complexity index is 825. The summed E-state index contributed by atoms with van der Waals surface area (Å²) in [6.07, 6.45) is 3.05. The molecule has 0 fully saturated rings. The van der Waals surface area contributed by atoms with Crippen molar-refractivity contribution in [2.45, 2.75) is 39.7 Å². The number of aryl methyl sites for hydroxylation is 2. The molecule has 24 heavy (non-hydrogen) atoms. The molecule has 1 aliphatic rings. The lowest BCUT2D eigenvalue weighted by atomic mass is 9.89. The summed E-state index contributed by atoms with van der Waals surface area (Å²) in [4.78, 5) is 31.7. The molecule has 0 spiro atoms. The van der Waals surface area contributed by atoms with E-state index in [4.69, 9.17) is 4.74 Å². The van der Waals surface area contributed by atoms with E-state index in [0.29, 0.717) is 24.9 Å². The number of hydrogen-bond acceptors (Lipinski definition) is 5. The van der Waals surface area contributed by atoms with Crippen molar-refractivity contribution in [2.24, 2.45) is 5.92 Å². The van der Waals surface area contributed by atoms with Crippen molar-refractivity contribution in [1.29, 1.82) is 0 Å². The Morgan fingerprint density at radius 2 is 2.29 bits per heavy atom. The third-order valence-corrected chi connectivity index (χ3v) is 5.68. The molecular formula is C17H23N3O3S. The van der Waals surface area contributed by atoms with E-state index in [1.807, 2.05) is 0 Å². The number of rotatable bonds is 5. The highest BCUT2D eigenvalue weighted by Gasteiger charge is 2.24. The van der Waals surface area contributed by atoms with E-state index in [2.05, 4.69) is 17.2 Å². The number of methoxy groups -OCH3 is 1. The highest BCUT2D eigenvalue weighted by Crippen LogP contribution is 2.35. The van der Waals surface area contributed by atoms with E-state index in [-0.39, 0.29) is 18.0 Å². The number of fused-ring (bicyclic) bond motifs is 3. The summed E-state index contributed by atoms with van der Waals surface area (Å²) in [6.45, 7) is 4.91. The van der Waals surface area contributed by atoms with Crippen molar-refractivity contribution < 1.29 is 9.53 Å². The van der Waals surface area contributed by atoms with Gasteiger partial charge in [-0.25, -0.2) is 4.98 Å². The molecule has 2 aromatic heterocycles. The first kappa shape index (κ1) is 17.1. The summed E-state index contributed by atoms with van der Waals surface area (Å²) in [5.41, 5.74) is 1.06. The fourth-order valence-electron chi connectivity index (χ4n) is 3.20. The Morgan fingerprint density at radius 3 is 3.04 bits per heavy atom. The minimum Gasteiger partial charge on any atom is -0.383 e. The van der Waals surface area contributed by atoms with Crippen molar-refractivity contribution in [1.82, 2.24) is 14.9 Å². The Balaban J connectivity index is 1.95. The van der Waals surface area contributed by atoms with E-state index >= 15 is 0 Å². The Kier molecular flexibility index (Phi) is 5.01. The first-order valence-corrected chi connectivity index (χ1v) is 9.10. The van der Waals surface area contributed by atoms with Crippen LogP contribution in [0.15, 0.2) is 4.79 Å². The average molecular weight is 349 g/mol. The van der Waals surface area contributed by atoms with Crippen LogP contribution in [-0.4, -0.2) is 35.7 Å². The molecule has 1 N–H and O–H groups in total. The van der Waals surface area contributed by atoms with Gasteiger partial charge in [-0.1, -0.05) is 6.92 Å². The summed E-state index contributed by atoms with van der Waals surface area (Å²) < 4.78 is 6.40. The molecule has 3 rings (SSSR count). The monoisotopic (exact) mass is 349 g/mol. The van der Waals surface area contributed by atoms with Crippen LogP contribution in [0, 0.1) is 12.8 Å². The number of amides is 1. The maximum atomic E-state index is 13.0. The van der Waals surface area contributed by atoms with Gasteiger partial charge in [0.25, 0.3) is 5.56 Å². The number of ether oxygens (including phenoxy) is 1. The minimum atomic E-state index is -0.198. The van der Waals surface area contributed by atoms with E-state index < -0.39 is 0 Å². The number of carbonyl (C=O) groups is 1. The van der Waals surface area contributed by atoms with Crippen LogP contribution in [0.4, 0.5) is 0 Å². The van der Waals surface area contributed by atoms with Gasteiger partial charge in [-0.05, 0) is 37.7 Å². The number of carbonyl (C=O) groups excluding carboxylic acids is 1. The van der Waals surface area contributed by atoms with Crippen LogP contribution in [0.25, 0.3) is 10.2 Å². The number of aromatic nitrogens is 2. The van der Waals surface area contributed by atoms with Crippen LogP contribution in [-0.2, 0) is 28.9 Å². The lowest BCUT2D eigenvalue weighted by Gasteiger charge is -2.17. The van der Waals surface area contributed by atoms with Gasteiger partial charge in [-0.15, -0.1) is 11.3 Å². The van der Waals surface area contributed by atoms with Crippen molar-refractivity contribution in [3.05, 3.63) is 26.6 Å². The average Bonchev–Trinajstić information content (AvgIpc) is 2.88. The fraction of sp³-hybridized carbons (Fsp3) is 0.588. The summed E-state index contributed by atoms with van der Waals surface area (Å²) in [6, 6.07) is 0. The van der Waals surface area contributed by atoms with Gasteiger partial charge in [0, 0.05) is 18.5 Å². The molecule has 0 aromatic carbocycles. The first-order chi connectivity index (χ1) is 11.5. The van der Waals surface area contributed by atoms with E-state index in [0.717, 1.165) is 35.0 Å². The van der Waals surface area contributed by atoms with Gasteiger partial charge in [0.15, 0.2) is 0 Å². The van der Waals surface area contributed by atoms with Gasteiger partial charge in [-0.2, -0.15) is 0 Å². The van der Waals surface area contributed by atoms with Gasteiger partial charge < -0.3 is 10.1 Å². The summed E-state index contributed by atoms with van der Waals surface area (Å²) in [5, 5.41) is 3.47. The molecule has 0 radical (unpaired) electrons. The largest absolute Gasteiger partial charge is 0.383 e. The second kappa shape index (κ2) is 7.03. The van der Waals surface area contributed by atoms with E-state index in [1.54, 1.807) is 25.4 Å². The van der Waals surface area contributed by atoms with Crippen LogP contribution in [0.2, 0.25) is 0 Å².